The fourth-order valence-corrected chi connectivity index (χ4v) is 2.96. The minimum atomic E-state index is 0.588. The molecule has 2 N–H and O–H groups in total. The normalized spacial score (nSPS) is 19.2. The van der Waals surface area contributed by atoms with Crippen molar-refractivity contribution in [2.45, 2.75) is 20.3 Å². The van der Waals surface area contributed by atoms with Crippen molar-refractivity contribution in [1.29, 1.82) is 0 Å². The summed E-state index contributed by atoms with van der Waals surface area (Å²) >= 11 is 1.53. The second-order valence-corrected chi connectivity index (χ2v) is 5.71. The number of anilines is 1. The zero-order chi connectivity index (χ0) is 13.0. The lowest BCUT2D eigenvalue weighted by molar-refractivity contribution is 0.227. The molecule has 102 valence electrons. The molecule has 0 spiro atoms. The van der Waals surface area contributed by atoms with Gasteiger partial charge in [0.2, 0.25) is 5.13 Å². The van der Waals surface area contributed by atoms with Crippen molar-refractivity contribution in [3.8, 4) is 0 Å². The minimum Gasteiger partial charge on any atom is -0.344 e. The van der Waals surface area contributed by atoms with Crippen molar-refractivity contribution < 1.29 is 0 Å². The molecule has 0 aromatic carbocycles. The molecule has 2 rings (SSSR count). The number of nitrogens with two attached hydrogens (primary N) is 1. The van der Waals surface area contributed by atoms with Gasteiger partial charge in [0.1, 0.15) is 5.82 Å². The van der Waals surface area contributed by atoms with Gasteiger partial charge in [0, 0.05) is 50.7 Å². The molecule has 1 aromatic heterocycles. The van der Waals surface area contributed by atoms with E-state index in [2.05, 4.69) is 33.0 Å². The van der Waals surface area contributed by atoms with Crippen LogP contribution in [-0.2, 0) is 6.42 Å². The van der Waals surface area contributed by atoms with Crippen molar-refractivity contribution >= 4 is 16.7 Å². The number of aryl methyl sites for hydroxylation is 1. The SMILES string of the molecule is CCc1nsc(N2CCN(CC(C)CN)CC2)n1. The van der Waals surface area contributed by atoms with Crippen LogP contribution in [0.3, 0.4) is 0 Å². The van der Waals surface area contributed by atoms with E-state index in [1.165, 1.54) is 11.5 Å². The topological polar surface area (TPSA) is 58.3 Å². The Morgan fingerprint density at radius 3 is 2.61 bits per heavy atom. The first kappa shape index (κ1) is 13.7. The standard InChI is InChI=1S/C12H23N5S/c1-3-11-14-12(18-15-11)17-6-4-16(5-7-17)9-10(2)8-13/h10H,3-9,13H2,1-2H3. The summed E-state index contributed by atoms with van der Waals surface area (Å²) in [6, 6.07) is 0. The lowest BCUT2D eigenvalue weighted by atomic mass is 10.1. The average molecular weight is 269 g/mol. The van der Waals surface area contributed by atoms with E-state index in [1.807, 2.05) is 0 Å². The van der Waals surface area contributed by atoms with Crippen LogP contribution >= 0.6 is 11.5 Å². The van der Waals surface area contributed by atoms with Crippen LogP contribution in [0.2, 0.25) is 0 Å². The number of rotatable bonds is 5. The predicted octanol–water partition coefficient (Wildman–Crippen LogP) is 0.817. The van der Waals surface area contributed by atoms with Crippen LogP contribution in [-0.4, -0.2) is 53.5 Å². The first-order chi connectivity index (χ1) is 8.72. The highest BCUT2D eigenvalue weighted by Gasteiger charge is 2.20. The first-order valence-corrected chi connectivity index (χ1v) is 7.50. The predicted molar refractivity (Wildman–Crippen MR) is 76.2 cm³/mol. The zero-order valence-electron chi connectivity index (χ0n) is 11.3. The molecular weight excluding hydrogens is 246 g/mol. The quantitative estimate of drug-likeness (QED) is 0.857. The van der Waals surface area contributed by atoms with Crippen molar-refractivity contribution in [2.24, 2.45) is 11.7 Å². The Balaban J connectivity index is 1.82. The van der Waals surface area contributed by atoms with Crippen molar-refractivity contribution in [3.05, 3.63) is 5.82 Å². The van der Waals surface area contributed by atoms with Gasteiger partial charge in [-0.15, -0.1) is 0 Å². The molecule has 1 atom stereocenters. The van der Waals surface area contributed by atoms with E-state index in [1.54, 1.807) is 0 Å². The van der Waals surface area contributed by atoms with Gasteiger partial charge in [-0.1, -0.05) is 13.8 Å². The number of aromatic nitrogens is 2. The van der Waals surface area contributed by atoms with Crippen molar-refractivity contribution in [1.82, 2.24) is 14.3 Å². The third-order valence-corrected chi connectivity index (χ3v) is 4.20. The Kier molecular flexibility index (Phi) is 4.91. The molecule has 2 heterocycles. The molecule has 1 fully saturated rings. The lowest BCUT2D eigenvalue weighted by Gasteiger charge is -2.35. The monoisotopic (exact) mass is 269 g/mol. The van der Waals surface area contributed by atoms with E-state index in [0.717, 1.165) is 56.6 Å². The Bertz CT molecular complexity index is 359. The summed E-state index contributed by atoms with van der Waals surface area (Å²) in [5.74, 6) is 1.55. The summed E-state index contributed by atoms with van der Waals surface area (Å²) in [4.78, 5) is 9.39. The molecule has 1 aliphatic heterocycles. The second kappa shape index (κ2) is 6.45. The van der Waals surface area contributed by atoms with E-state index in [9.17, 15) is 0 Å². The van der Waals surface area contributed by atoms with Gasteiger partial charge < -0.3 is 10.6 Å². The fraction of sp³-hybridized carbons (Fsp3) is 0.833. The summed E-state index contributed by atoms with van der Waals surface area (Å²) in [7, 11) is 0. The van der Waals surface area contributed by atoms with Crippen molar-refractivity contribution in [3.63, 3.8) is 0 Å². The highest BCUT2D eigenvalue weighted by atomic mass is 32.1. The molecule has 0 bridgehead atoms. The molecule has 1 aromatic rings. The molecule has 18 heavy (non-hydrogen) atoms. The molecule has 0 amide bonds. The molecule has 0 radical (unpaired) electrons. The Morgan fingerprint density at radius 2 is 2.06 bits per heavy atom. The zero-order valence-corrected chi connectivity index (χ0v) is 12.1. The maximum Gasteiger partial charge on any atom is 0.205 e. The molecule has 5 nitrogen and oxygen atoms in total. The van der Waals surface area contributed by atoms with Gasteiger partial charge in [0.15, 0.2) is 0 Å². The smallest absolute Gasteiger partial charge is 0.205 e. The largest absolute Gasteiger partial charge is 0.344 e. The van der Waals surface area contributed by atoms with Gasteiger partial charge >= 0.3 is 0 Å². The molecule has 1 unspecified atom stereocenters. The maximum absolute atomic E-state index is 5.67. The van der Waals surface area contributed by atoms with Gasteiger partial charge in [-0.05, 0) is 12.5 Å². The van der Waals surface area contributed by atoms with Crippen LogP contribution in [0.15, 0.2) is 0 Å². The van der Waals surface area contributed by atoms with Gasteiger partial charge in [-0.3, -0.25) is 4.90 Å². The minimum absolute atomic E-state index is 0.588. The summed E-state index contributed by atoms with van der Waals surface area (Å²) in [6.07, 6.45) is 0.921. The maximum atomic E-state index is 5.67. The summed E-state index contributed by atoms with van der Waals surface area (Å²) in [5.41, 5.74) is 5.67. The first-order valence-electron chi connectivity index (χ1n) is 6.73. The van der Waals surface area contributed by atoms with E-state index in [-0.39, 0.29) is 0 Å². The van der Waals surface area contributed by atoms with Crippen LogP contribution < -0.4 is 10.6 Å². The highest BCUT2D eigenvalue weighted by molar-refractivity contribution is 7.09. The van der Waals surface area contributed by atoms with Gasteiger partial charge in [0.05, 0.1) is 0 Å². The van der Waals surface area contributed by atoms with Crippen LogP contribution in [0.4, 0.5) is 5.13 Å². The Hall–Kier alpha value is -0.720. The molecular formula is C12H23N5S. The average Bonchev–Trinajstić information content (AvgIpc) is 2.88. The van der Waals surface area contributed by atoms with Gasteiger partial charge in [-0.25, -0.2) is 4.98 Å². The third kappa shape index (κ3) is 3.40. The molecule has 1 aliphatic rings. The van der Waals surface area contributed by atoms with E-state index >= 15 is 0 Å². The van der Waals surface area contributed by atoms with Crippen LogP contribution in [0.25, 0.3) is 0 Å². The molecule has 0 saturated carbocycles. The van der Waals surface area contributed by atoms with E-state index < -0.39 is 0 Å². The summed E-state index contributed by atoms with van der Waals surface area (Å²) in [6.45, 7) is 10.5. The van der Waals surface area contributed by atoms with Gasteiger partial charge in [-0.2, -0.15) is 4.37 Å². The number of hydrogen-bond acceptors (Lipinski definition) is 6. The van der Waals surface area contributed by atoms with Crippen LogP contribution in [0.1, 0.15) is 19.7 Å². The Labute approximate surface area is 113 Å². The van der Waals surface area contributed by atoms with E-state index in [0.29, 0.717) is 5.92 Å². The number of nitrogens with zero attached hydrogens (tertiary/aromatic N) is 4. The molecule has 0 aliphatic carbocycles. The number of hydrogen-bond donors (Lipinski definition) is 1. The lowest BCUT2D eigenvalue weighted by Crippen LogP contribution is -2.48. The van der Waals surface area contributed by atoms with E-state index in [4.69, 9.17) is 5.73 Å². The second-order valence-electron chi connectivity index (χ2n) is 4.98. The third-order valence-electron chi connectivity index (χ3n) is 3.39. The van der Waals surface area contributed by atoms with Crippen molar-refractivity contribution in [2.75, 3.05) is 44.2 Å². The highest BCUT2D eigenvalue weighted by Crippen LogP contribution is 2.19. The molecule has 6 heteroatoms. The fourth-order valence-electron chi connectivity index (χ4n) is 2.15. The summed E-state index contributed by atoms with van der Waals surface area (Å²) in [5, 5.41) is 1.08. The van der Waals surface area contributed by atoms with Gasteiger partial charge in [0.25, 0.3) is 0 Å². The summed E-state index contributed by atoms with van der Waals surface area (Å²) < 4.78 is 4.35. The van der Waals surface area contributed by atoms with Crippen LogP contribution in [0.5, 0.6) is 0 Å². The Morgan fingerprint density at radius 1 is 1.33 bits per heavy atom. The van der Waals surface area contributed by atoms with Crippen LogP contribution in [0, 0.1) is 5.92 Å². The number of piperazine rings is 1. The molecule has 1 saturated heterocycles.